The first-order chi connectivity index (χ1) is 10.9. The third-order valence-electron chi connectivity index (χ3n) is 4.36. The van der Waals surface area contributed by atoms with Crippen molar-refractivity contribution in [3.8, 4) is 11.8 Å². The van der Waals surface area contributed by atoms with Gasteiger partial charge in [-0.1, -0.05) is 42.5 Å². The highest BCUT2D eigenvalue weighted by Crippen LogP contribution is 2.33. The van der Waals surface area contributed by atoms with Gasteiger partial charge in [0, 0.05) is 17.1 Å². The van der Waals surface area contributed by atoms with Crippen LogP contribution in [0.2, 0.25) is 10.0 Å². The number of nitrogens with zero attached hydrogens (tertiary/aromatic N) is 2. The Labute approximate surface area is 146 Å². The largest absolute Gasteiger partial charge is 0.481 e. The van der Waals surface area contributed by atoms with Gasteiger partial charge in [0.25, 0.3) is 5.91 Å². The molecule has 0 aliphatic heterocycles. The first-order valence-corrected chi connectivity index (χ1v) is 8.45. The Morgan fingerprint density at radius 2 is 1.83 bits per heavy atom. The van der Waals surface area contributed by atoms with Crippen molar-refractivity contribution in [2.45, 2.75) is 50.7 Å². The second-order valence-electron chi connectivity index (χ2n) is 5.97. The quantitative estimate of drug-likeness (QED) is 0.802. The van der Waals surface area contributed by atoms with E-state index in [1.54, 1.807) is 37.1 Å². The lowest BCUT2D eigenvalue weighted by atomic mass is 9.81. The van der Waals surface area contributed by atoms with Crippen LogP contribution in [0.4, 0.5) is 0 Å². The number of rotatable bonds is 4. The van der Waals surface area contributed by atoms with Crippen molar-refractivity contribution in [3.63, 3.8) is 0 Å². The van der Waals surface area contributed by atoms with Gasteiger partial charge >= 0.3 is 0 Å². The molecule has 1 aromatic carbocycles. The summed E-state index contributed by atoms with van der Waals surface area (Å²) in [4.78, 5) is 14.2. The van der Waals surface area contributed by atoms with Crippen molar-refractivity contribution in [2.75, 3.05) is 7.05 Å². The number of ether oxygens (including phenoxy) is 1. The Bertz CT molecular complexity index is 601. The van der Waals surface area contributed by atoms with E-state index in [0.29, 0.717) is 28.6 Å². The maximum atomic E-state index is 12.7. The molecule has 124 valence electrons. The molecule has 1 aliphatic rings. The maximum absolute atomic E-state index is 12.7. The molecule has 1 amide bonds. The van der Waals surface area contributed by atoms with Gasteiger partial charge in [-0.2, -0.15) is 5.26 Å². The molecule has 0 radical (unpaired) electrons. The molecule has 2 rings (SSSR count). The third-order valence-corrected chi connectivity index (χ3v) is 4.79. The first-order valence-electron chi connectivity index (χ1n) is 7.70. The lowest BCUT2D eigenvalue weighted by Gasteiger charge is -2.40. The minimum absolute atomic E-state index is 0.218. The summed E-state index contributed by atoms with van der Waals surface area (Å²) in [7, 11) is 1.68. The van der Waals surface area contributed by atoms with Crippen LogP contribution in [-0.2, 0) is 4.79 Å². The predicted molar refractivity (Wildman–Crippen MR) is 90.8 cm³/mol. The second kappa shape index (κ2) is 7.42. The topological polar surface area (TPSA) is 53.3 Å². The van der Waals surface area contributed by atoms with Crippen molar-refractivity contribution in [1.82, 2.24) is 4.90 Å². The number of amides is 1. The molecule has 0 aromatic heterocycles. The Kier molecular flexibility index (Phi) is 5.78. The van der Waals surface area contributed by atoms with E-state index in [9.17, 15) is 10.1 Å². The minimum atomic E-state index is -0.723. The van der Waals surface area contributed by atoms with Crippen LogP contribution < -0.4 is 4.74 Å². The Hall–Kier alpha value is -1.44. The molecule has 0 N–H and O–H groups in total. The SMILES string of the molecule is C[C@H](Oc1cc(Cl)cc(Cl)c1)C(=O)N(C)C1(C#N)CCCCC1. The van der Waals surface area contributed by atoms with Gasteiger partial charge in [0.1, 0.15) is 11.3 Å². The van der Waals surface area contributed by atoms with Gasteiger partial charge in [0.05, 0.1) is 6.07 Å². The monoisotopic (exact) mass is 354 g/mol. The van der Waals surface area contributed by atoms with Crippen LogP contribution in [0.5, 0.6) is 5.75 Å². The number of hydrogen-bond donors (Lipinski definition) is 0. The molecule has 1 aliphatic carbocycles. The fraction of sp³-hybridized carbons (Fsp3) is 0.529. The first kappa shape index (κ1) is 17.9. The standard InChI is InChI=1S/C17H20Cl2N2O2/c1-12(23-15-9-13(18)8-14(19)10-15)16(22)21(2)17(11-20)6-4-3-5-7-17/h8-10,12H,3-7H2,1-2H3/t12-/m0/s1. The zero-order valence-electron chi connectivity index (χ0n) is 13.3. The highest BCUT2D eigenvalue weighted by Gasteiger charge is 2.40. The molecular weight excluding hydrogens is 335 g/mol. The zero-order chi connectivity index (χ0) is 17.0. The molecule has 1 aromatic rings. The molecular formula is C17H20Cl2N2O2. The summed E-state index contributed by atoms with van der Waals surface area (Å²) in [5.74, 6) is 0.218. The van der Waals surface area contributed by atoms with Crippen LogP contribution in [0.25, 0.3) is 0 Å². The highest BCUT2D eigenvalue weighted by atomic mass is 35.5. The molecule has 0 spiro atoms. The van der Waals surface area contributed by atoms with E-state index in [2.05, 4.69) is 6.07 Å². The van der Waals surface area contributed by atoms with Crippen LogP contribution in [0.15, 0.2) is 18.2 Å². The summed E-state index contributed by atoms with van der Waals surface area (Å²) in [6.07, 6.45) is 3.73. The van der Waals surface area contributed by atoms with Crippen LogP contribution in [0.3, 0.4) is 0 Å². The molecule has 0 unspecified atom stereocenters. The molecule has 0 saturated heterocycles. The van der Waals surface area contributed by atoms with Crippen LogP contribution in [0, 0.1) is 11.3 Å². The average Bonchev–Trinajstić information content (AvgIpc) is 2.53. The lowest BCUT2D eigenvalue weighted by Crippen LogP contribution is -2.53. The van der Waals surface area contributed by atoms with E-state index in [1.807, 2.05) is 0 Å². The summed E-state index contributed by atoms with van der Waals surface area (Å²) in [6.45, 7) is 1.67. The van der Waals surface area contributed by atoms with Crippen LogP contribution in [0.1, 0.15) is 39.0 Å². The fourth-order valence-corrected chi connectivity index (χ4v) is 3.50. The van der Waals surface area contributed by atoms with Crippen molar-refractivity contribution in [3.05, 3.63) is 28.2 Å². The number of nitriles is 1. The van der Waals surface area contributed by atoms with E-state index < -0.39 is 11.6 Å². The Morgan fingerprint density at radius 3 is 2.35 bits per heavy atom. The van der Waals surface area contributed by atoms with Crippen molar-refractivity contribution < 1.29 is 9.53 Å². The maximum Gasteiger partial charge on any atom is 0.264 e. The summed E-state index contributed by atoms with van der Waals surface area (Å²) in [5, 5.41) is 10.5. The molecule has 23 heavy (non-hydrogen) atoms. The van der Waals surface area contributed by atoms with E-state index in [1.165, 1.54) is 0 Å². The highest BCUT2D eigenvalue weighted by molar-refractivity contribution is 6.34. The number of hydrogen-bond acceptors (Lipinski definition) is 3. The van der Waals surface area contributed by atoms with Gasteiger partial charge in [-0.3, -0.25) is 4.79 Å². The van der Waals surface area contributed by atoms with Gasteiger partial charge in [-0.05, 0) is 38.0 Å². The number of likely N-dealkylation sites (N-methyl/N-ethyl adjacent to an activating group) is 1. The average molecular weight is 355 g/mol. The number of carbonyl (C=O) groups is 1. The smallest absolute Gasteiger partial charge is 0.264 e. The molecule has 6 heteroatoms. The van der Waals surface area contributed by atoms with Gasteiger partial charge < -0.3 is 9.64 Å². The summed E-state index contributed by atoms with van der Waals surface area (Å²) in [5.41, 5.74) is -0.723. The van der Waals surface area contributed by atoms with Crippen molar-refractivity contribution in [2.24, 2.45) is 0 Å². The molecule has 1 atom stereocenters. The molecule has 0 bridgehead atoms. The minimum Gasteiger partial charge on any atom is -0.481 e. The van der Waals surface area contributed by atoms with E-state index >= 15 is 0 Å². The lowest BCUT2D eigenvalue weighted by molar-refractivity contribution is -0.141. The van der Waals surface area contributed by atoms with Crippen molar-refractivity contribution >= 4 is 29.1 Å². The Balaban J connectivity index is 2.10. The Morgan fingerprint density at radius 1 is 1.26 bits per heavy atom. The molecule has 1 saturated carbocycles. The predicted octanol–water partition coefficient (Wildman–Crippen LogP) is 4.45. The van der Waals surface area contributed by atoms with E-state index in [0.717, 1.165) is 19.3 Å². The van der Waals surface area contributed by atoms with E-state index in [4.69, 9.17) is 27.9 Å². The zero-order valence-corrected chi connectivity index (χ0v) is 14.8. The van der Waals surface area contributed by atoms with Gasteiger partial charge in [0.2, 0.25) is 0 Å². The normalized spacial score (nSPS) is 17.9. The summed E-state index contributed by atoms with van der Waals surface area (Å²) in [6, 6.07) is 7.16. The summed E-state index contributed by atoms with van der Waals surface area (Å²) < 4.78 is 5.67. The molecule has 1 fully saturated rings. The summed E-state index contributed by atoms with van der Waals surface area (Å²) >= 11 is 11.9. The molecule has 0 heterocycles. The van der Waals surface area contributed by atoms with Gasteiger partial charge in [-0.25, -0.2) is 0 Å². The number of benzene rings is 1. The van der Waals surface area contributed by atoms with Crippen molar-refractivity contribution in [1.29, 1.82) is 5.26 Å². The van der Waals surface area contributed by atoms with Crippen LogP contribution in [-0.4, -0.2) is 29.5 Å². The third kappa shape index (κ3) is 4.10. The van der Waals surface area contributed by atoms with Gasteiger partial charge in [0.15, 0.2) is 6.10 Å². The fourth-order valence-electron chi connectivity index (χ4n) is 2.99. The van der Waals surface area contributed by atoms with Gasteiger partial charge in [-0.15, -0.1) is 0 Å². The van der Waals surface area contributed by atoms with Crippen LogP contribution >= 0.6 is 23.2 Å². The second-order valence-corrected chi connectivity index (χ2v) is 6.84. The number of carbonyl (C=O) groups excluding carboxylic acids is 1. The molecule has 4 nitrogen and oxygen atoms in total. The number of halogens is 2. The van der Waals surface area contributed by atoms with E-state index in [-0.39, 0.29) is 5.91 Å².